The SMILES string of the molecule is Cc1cc(N/C=C(/C#N)C(=O)c2cccs2)no1. The lowest BCUT2D eigenvalue weighted by atomic mass is 10.2. The van der Waals surface area contributed by atoms with E-state index >= 15 is 0 Å². The van der Waals surface area contributed by atoms with Gasteiger partial charge in [0.1, 0.15) is 17.4 Å². The monoisotopic (exact) mass is 259 g/mol. The fraction of sp³-hybridized carbons (Fsp3) is 0.0833. The molecule has 0 atom stereocenters. The first-order chi connectivity index (χ1) is 8.70. The Hall–Kier alpha value is -2.39. The van der Waals surface area contributed by atoms with Crippen LogP contribution in [0.15, 0.2) is 39.9 Å². The highest BCUT2D eigenvalue weighted by molar-refractivity contribution is 7.12. The van der Waals surface area contributed by atoms with Gasteiger partial charge >= 0.3 is 0 Å². The van der Waals surface area contributed by atoms with Crippen molar-refractivity contribution in [2.24, 2.45) is 0 Å². The van der Waals surface area contributed by atoms with Crippen LogP contribution in [-0.2, 0) is 0 Å². The summed E-state index contributed by atoms with van der Waals surface area (Å²) in [7, 11) is 0. The molecule has 0 aliphatic carbocycles. The molecule has 0 spiro atoms. The van der Waals surface area contributed by atoms with Crippen LogP contribution in [0.3, 0.4) is 0 Å². The summed E-state index contributed by atoms with van der Waals surface area (Å²) in [6, 6.07) is 6.98. The standard InChI is InChI=1S/C12H9N3O2S/c1-8-5-11(15-17-8)14-7-9(6-13)12(16)10-3-2-4-18-10/h2-5,7H,1H3,(H,14,15)/b9-7-. The summed E-state index contributed by atoms with van der Waals surface area (Å²) in [6.07, 6.45) is 1.33. The number of nitrogens with zero attached hydrogens (tertiary/aromatic N) is 2. The zero-order chi connectivity index (χ0) is 13.0. The van der Waals surface area contributed by atoms with E-state index in [1.165, 1.54) is 17.5 Å². The number of nitrogens with one attached hydrogen (secondary N) is 1. The van der Waals surface area contributed by atoms with Crippen LogP contribution >= 0.6 is 11.3 Å². The molecule has 0 unspecified atom stereocenters. The van der Waals surface area contributed by atoms with Gasteiger partial charge in [0.05, 0.1) is 4.88 Å². The second-order valence-electron chi connectivity index (χ2n) is 3.44. The average Bonchev–Trinajstić information content (AvgIpc) is 3.01. The summed E-state index contributed by atoms with van der Waals surface area (Å²) >= 11 is 1.30. The van der Waals surface area contributed by atoms with Crippen LogP contribution in [-0.4, -0.2) is 10.9 Å². The number of ketones is 1. The van der Waals surface area contributed by atoms with Crippen LogP contribution in [0.2, 0.25) is 0 Å². The summed E-state index contributed by atoms with van der Waals surface area (Å²) < 4.78 is 4.86. The van der Waals surface area contributed by atoms with Crippen LogP contribution < -0.4 is 5.32 Å². The first-order valence-electron chi connectivity index (χ1n) is 5.09. The Labute approximate surface area is 107 Å². The fourth-order valence-electron chi connectivity index (χ4n) is 1.27. The molecule has 5 nitrogen and oxygen atoms in total. The van der Waals surface area contributed by atoms with E-state index in [2.05, 4.69) is 10.5 Å². The lowest BCUT2D eigenvalue weighted by Gasteiger charge is -1.96. The topological polar surface area (TPSA) is 78.9 Å². The van der Waals surface area contributed by atoms with Crippen molar-refractivity contribution in [1.29, 1.82) is 5.26 Å². The summed E-state index contributed by atoms with van der Waals surface area (Å²) in [4.78, 5) is 12.4. The number of rotatable bonds is 4. The van der Waals surface area contributed by atoms with Crippen LogP contribution in [0.1, 0.15) is 15.4 Å². The molecule has 0 fully saturated rings. The summed E-state index contributed by atoms with van der Waals surface area (Å²) in [6.45, 7) is 1.75. The van der Waals surface area contributed by atoms with E-state index < -0.39 is 0 Å². The number of aromatic nitrogens is 1. The van der Waals surface area contributed by atoms with Gasteiger partial charge < -0.3 is 9.84 Å². The van der Waals surface area contributed by atoms with E-state index in [4.69, 9.17) is 9.78 Å². The van der Waals surface area contributed by atoms with Crippen molar-refractivity contribution in [2.75, 3.05) is 5.32 Å². The van der Waals surface area contributed by atoms with Gasteiger partial charge in [-0.05, 0) is 18.4 Å². The molecule has 0 aromatic carbocycles. The van der Waals surface area contributed by atoms with Gasteiger partial charge in [-0.3, -0.25) is 4.79 Å². The van der Waals surface area contributed by atoms with E-state index in [9.17, 15) is 4.79 Å². The molecule has 0 saturated carbocycles. The number of carbonyl (C=O) groups excluding carboxylic acids is 1. The minimum Gasteiger partial charge on any atom is -0.360 e. The highest BCUT2D eigenvalue weighted by Crippen LogP contribution is 2.14. The fourth-order valence-corrected chi connectivity index (χ4v) is 1.95. The van der Waals surface area contributed by atoms with Crippen molar-refractivity contribution in [2.45, 2.75) is 6.92 Å². The van der Waals surface area contributed by atoms with Crippen LogP contribution in [0, 0.1) is 18.3 Å². The normalized spacial score (nSPS) is 11.0. The molecule has 1 N–H and O–H groups in total. The molecule has 0 aliphatic rings. The number of aryl methyl sites for hydroxylation is 1. The third-order valence-electron chi connectivity index (χ3n) is 2.10. The molecule has 2 aromatic heterocycles. The van der Waals surface area contributed by atoms with Crippen molar-refractivity contribution >= 4 is 22.9 Å². The van der Waals surface area contributed by atoms with Crippen molar-refractivity contribution in [3.05, 3.63) is 46.0 Å². The summed E-state index contributed by atoms with van der Waals surface area (Å²) in [5.41, 5.74) is 0.0260. The Kier molecular flexibility index (Phi) is 3.55. The highest BCUT2D eigenvalue weighted by atomic mass is 32.1. The maximum atomic E-state index is 11.9. The van der Waals surface area contributed by atoms with E-state index in [1.54, 1.807) is 30.5 Å². The molecule has 0 bridgehead atoms. The number of hydrogen-bond acceptors (Lipinski definition) is 6. The predicted molar refractivity (Wildman–Crippen MR) is 67.2 cm³/mol. The Morgan fingerprint density at radius 2 is 2.50 bits per heavy atom. The second kappa shape index (κ2) is 5.29. The predicted octanol–water partition coefficient (Wildman–Crippen LogP) is 2.75. The lowest BCUT2D eigenvalue weighted by Crippen LogP contribution is -2.02. The molecule has 90 valence electrons. The van der Waals surface area contributed by atoms with E-state index in [-0.39, 0.29) is 11.4 Å². The smallest absolute Gasteiger partial charge is 0.214 e. The first-order valence-corrected chi connectivity index (χ1v) is 5.97. The third kappa shape index (κ3) is 2.64. The number of allylic oxidation sites excluding steroid dienone is 1. The van der Waals surface area contributed by atoms with Crippen LogP contribution in [0.4, 0.5) is 5.82 Å². The quantitative estimate of drug-likeness (QED) is 0.519. The van der Waals surface area contributed by atoms with E-state index in [0.29, 0.717) is 16.5 Å². The Balaban J connectivity index is 2.14. The molecular weight excluding hydrogens is 250 g/mol. The minimum absolute atomic E-state index is 0.0260. The van der Waals surface area contributed by atoms with Gasteiger partial charge in [-0.25, -0.2) is 0 Å². The summed E-state index contributed by atoms with van der Waals surface area (Å²) in [5, 5.41) is 17.2. The molecule has 18 heavy (non-hydrogen) atoms. The van der Waals surface area contributed by atoms with Gasteiger partial charge in [-0.2, -0.15) is 5.26 Å². The largest absolute Gasteiger partial charge is 0.360 e. The zero-order valence-electron chi connectivity index (χ0n) is 9.51. The van der Waals surface area contributed by atoms with Crippen molar-refractivity contribution in [3.63, 3.8) is 0 Å². The Morgan fingerprint density at radius 3 is 3.06 bits per heavy atom. The maximum Gasteiger partial charge on any atom is 0.214 e. The molecule has 0 saturated heterocycles. The van der Waals surface area contributed by atoms with E-state index in [1.807, 2.05) is 6.07 Å². The number of anilines is 1. The van der Waals surface area contributed by atoms with Gasteiger partial charge in [-0.15, -0.1) is 11.3 Å². The number of hydrogen-bond donors (Lipinski definition) is 1. The molecular formula is C12H9N3O2S. The first kappa shape index (κ1) is 12.1. The van der Waals surface area contributed by atoms with Crippen LogP contribution in [0.5, 0.6) is 0 Å². The van der Waals surface area contributed by atoms with Crippen molar-refractivity contribution in [3.8, 4) is 6.07 Å². The molecule has 0 aliphatic heterocycles. The van der Waals surface area contributed by atoms with Gasteiger partial charge in [0.2, 0.25) is 5.78 Å². The highest BCUT2D eigenvalue weighted by Gasteiger charge is 2.12. The van der Waals surface area contributed by atoms with Crippen molar-refractivity contribution in [1.82, 2.24) is 5.16 Å². The zero-order valence-corrected chi connectivity index (χ0v) is 10.3. The van der Waals surface area contributed by atoms with Gasteiger partial charge in [0, 0.05) is 12.3 Å². The molecule has 0 radical (unpaired) electrons. The maximum absolute atomic E-state index is 11.9. The molecule has 2 aromatic rings. The van der Waals surface area contributed by atoms with Crippen molar-refractivity contribution < 1.29 is 9.32 Å². The Morgan fingerprint density at radius 1 is 1.67 bits per heavy atom. The molecule has 2 rings (SSSR count). The minimum atomic E-state index is -0.305. The van der Waals surface area contributed by atoms with Gasteiger partial charge in [0.15, 0.2) is 5.82 Å². The number of thiophene rings is 1. The summed E-state index contributed by atoms with van der Waals surface area (Å²) in [5.74, 6) is 0.799. The van der Waals surface area contributed by atoms with E-state index in [0.717, 1.165) is 0 Å². The number of Topliss-reactive ketones (excluding diaryl/α,β-unsaturated/α-hetero) is 1. The lowest BCUT2D eigenvalue weighted by molar-refractivity contribution is 0.104. The molecule has 6 heteroatoms. The number of nitriles is 1. The van der Waals surface area contributed by atoms with Gasteiger partial charge in [-0.1, -0.05) is 11.2 Å². The van der Waals surface area contributed by atoms with Gasteiger partial charge in [0.25, 0.3) is 0 Å². The molecule has 0 amide bonds. The Bertz CT molecular complexity index is 620. The average molecular weight is 259 g/mol. The second-order valence-corrected chi connectivity index (χ2v) is 4.39. The third-order valence-corrected chi connectivity index (χ3v) is 2.97. The van der Waals surface area contributed by atoms with Crippen LogP contribution in [0.25, 0.3) is 0 Å². The molecule has 2 heterocycles. The number of carbonyl (C=O) groups is 1.